The van der Waals surface area contributed by atoms with E-state index >= 15 is 0 Å². The highest BCUT2D eigenvalue weighted by atomic mass is 32.2. The van der Waals surface area contributed by atoms with E-state index in [1.807, 2.05) is 43.3 Å². The van der Waals surface area contributed by atoms with Gasteiger partial charge in [-0.25, -0.2) is 13.3 Å². The topological polar surface area (TPSA) is 74.3 Å². The Morgan fingerprint density at radius 1 is 1.14 bits per heavy atom. The summed E-state index contributed by atoms with van der Waals surface area (Å²) in [5, 5.41) is 0. The molecule has 2 aromatic rings. The molecular weight excluding hydrogens is 382 g/mol. The molecule has 28 heavy (non-hydrogen) atoms. The summed E-state index contributed by atoms with van der Waals surface area (Å²) < 4.78 is 35.0. The van der Waals surface area contributed by atoms with Crippen molar-refractivity contribution >= 4 is 17.4 Å². The van der Waals surface area contributed by atoms with E-state index in [1.54, 1.807) is 18.2 Å². The quantitative estimate of drug-likeness (QED) is 0.734. The fourth-order valence-electron chi connectivity index (χ4n) is 2.58. The van der Waals surface area contributed by atoms with Crippen molar-refractivity contribution < 1.29 is 27.4 Å². The van der Waals surface area contributed by atoms with Crippen LogP contribution in [0.15, 0.2) is 54.6 Å². The zero-order chi connectivity index (χ0) is 19.9. The van der Waals surface area contributed by atoms with Crippen molar-refractivity contribution in [1.29, 1.82) is 0 Å². The highest BCUT2D eigenvalue weighted by molar-refractivity contribution is 7.78. The van der Waals surface area contributed by atoms with Gasteiger partial charge in [0.1, 0.15) is 5.75 Å². The fourth-order valence-corrected chi connectivity index (χ4v) is 3.21. The lowest BCUT2D eigenvalue weighted by atomic mass is 10.1. The van der Waals surface area contributed by atoms with Gasteiger partial charge in [0.25, 0.3) is 11.3 Å². The van der Waals surface area contributed by atoms with E-state index in [4.69, 9.17) is 18.4 Å². The van der Waals surface area contributed by atoms with Crippen molar-refractivity contribution in [3.8, 4) is 5.75 Å². The first-order valence-corrected chi connectivity index (χ1v) is 9.91. The number of carbonyl (C=O) groups is 1. The van der Waals surface area contributed by atoms with Crippen LogP contribution in [0.1, 0.15) is 17.4 Å². The van der Waals surface area contributed by atoms with E-state index in [9.17, 15) is 9.00 Å². The Bertz CT molecular complexity index is 807. The number of hydrogen-bond donors (Lipinski definition) is 0. The van der Waals surface area contributed by atoms with Crippen molar-refractivity contribution in [1.82, 2.24) is 4.31 Å². The summed E-state index contributed by atoms with van der Waals surface area (Å²) in [4.78, 5) is 12.1. The third-order valence-electron chi connectivity index (χ3n) is 4.12. The summed E-state index contributed by atoms with van der Waals surface area (Å²) in [5.41, 5.74) is 1.90. The number of rotatable bonds is 6. The SMILES string of the molecule is Cc1cccc(OC(=O)N(C)S(=O)OCC2COC(c3ccccc3)OC2)c1. The van der Waals surface area contributed by atoms with Crippen molar-refractivity contribution in [3.05, 3.63) is 65.7 Å². The second-order valence-electron chi connectivity index (χ2n) is 6.46. The molecule has 0 N–H and O–H groups in total. The maximum absolute atomic E-state index is 12.2. The normalized spacial score (nSPS) is 20.4. The first-order chi connectivity index (χ1) is 13.5. The molecule has 150 valence electrons. The van der Waals surface area contributed by atoms with E-state index in [-0.39, 0.29) is 12.5 Å². The summed E-state index contributed by atoms with van der Waals surface area (Å²) in [6.07, 6.45) is -1.17. The van der Waals surface area contributed by atoms with Crippen LogP contribution in [0.4, 0.5) is 4.79 Å². The van der Waals surface area contributed by atoms with Crippen LogP contribution < -0.4 is 4.74 Å². The minimum absolute atomic E-state index is 0.0786. The van der Waals surface area contributed by atoms with Gasteiger partial charge in [0, 0.05) is 18.5 Å². The van der Waals surface area contributed by atoms with Gasteiger partial charge in [0.2, 0.25) is 0 Å². The first kappa shape index (κ1) is 20.5. The minimum Gasteiger partial charge on any atom is -0.409 e. The molecule has 1 unspecified atom stereocenters. The largest absolute Gasteiger partial charge is 0.428 e. The molecule has 8 heteroatoms. The summed E-state index contributed by atoms with van der Waals surface area (Å²) in [6, 6.07) is 16.7. The maximum Gasteiger partial charge on any atom is 0.428 e. The number of aryl methyl sites for hydroxylation is 1. The Labute approximate surface area is 166 Å². The van der Waals surface area contributed by atoms with E-state index < -0.39 is 23.6 Å². The smallest absolute Gasteiger partial charge is 0.409 e. The van der Waals surface area contributed by atoms with Gasteiger partial charge in [-0.3, -0.25) is 4.18 Å². The first-order valence-electron chi connectivity index (χ1n) is 8.88. The monoisotopic (exact) mass is 405 g/mol. The average molecular weight is 405 g/mol. The summed E-state index contributed by atoms with van der Waals surface area (Å²) in [7, 11) is 1.35. The molecule has 0 saturated carbocycles. The number of amides is 1. The number of benzene rings is 2. The molecule has 1 atom stereocenters. The minimum atomic E-state index is -1.97. The molecule has 0 bridgehead atoms. The molecule has 7 nitrogen and oxygen atoms in total. The zero-order valence-electron chi connectivity index (χ0n) is 15.8. The predicted octanol–water partition coefficient (Wildman–Crippen LogP) is 3.38. The lowest BCUT2D eigenvalue weighted by Crippen LogP contribution is -2.35. The van der Waals surface area contributed by atoms with E-state index in [1.165, 1.54) is 7.05 Å². The Hall–Kier alpha value is -2.26. The summed E-state index contributed by atoms with van der Waals surface area (Å²) in [5.74, 6) is 0.306. The molecule has 1 saturated heterocycles. The second-order valence-corrected chi connectivity index (χ2v) is 7.68. The highest BCUT2D eigenvalue weighted by Crippen LogP contribution is 2.25. The molecule has 2 aromatic carbocycles. The van der Waals surface area contributed by atoms with Crippen molar-refractivity contribution in [2.45, 2.75) is 13.2 Å². The third-order valence-corrected chi connectivity index (χ3v) is 5.05. The van der Waals surface area contributed by atoms with Crippen LogP contribution in [0.3, 0.4) is 0 Å². The average Bonchev–Trinajstić information content (AvgIpc) is 2.72. The lowest BCUT2D eigenvalue weighted by Gasteiger charge is -2.29. The van der Waals surface area contributed by atoms with Gasteiger partial charge in [-0.05, 0) is 24.6 Å². The molecule has 1 aliphatic heterocycles. The maximum atomic E-state index is 12.2. The van der Waals surface area contributed by atoms with Crippen molar-refractivity contribution in [3.63, 3.8) is 0 Å². The Morgan fingerprint density at radius 2 is 1.86 bits per heavy atom. The third kappa shape index (κ3) is 5.62. The van der Waals surface area contributed by atoms with Crippen LogP contribution in [0.5, 0.6) is 5.75 Å². The van der Waals surface area contributed by atoms with Crippen LogP contribution in [-0.2, 0) is 24.9 Å². The van der Waals surface area contributed by atoms with Crippen LogP contribution in [0.25, 0.3) is 0 Å². The van der Waals surface area contributed by atoms with Gasteiger partial charge >= 0.3 is 6.09 Å². The number of hydrogen-bond acceptors (Lipinski definition) is 6. The van der Waals surface area contributed by atoms with Crippen molar-refractivity contribution in [2.75, 3.05) is 26.9 Å². The standard InChI is InChI=1S/C20H23NO6S/c1-15-7-6-10-18(11-15)27-20(22)21(2)28(23)26-14-16-12-24-19(25-13-16)17-8-4-3-5-9-17/h3-11,16,19H,12-14H2,1-2H3. The lowest BCUT2D eigenvalue weighted by molar-refractivity contribution is -0.208. The Kier molecular flexibility index (Phi) is 7.16. The van der Waals surface area contributed by atoms with Crippen LogP contribution in [-0.4, -0.2) is 41.5 Å². The molecular formula is C20H23NO6S. The van der Waals surface area contributed by atoms with Gasteiger partial charge in [-0.1, -0.05) is 42.5 Å². The predicted molar refractivity (Wildman–Crippen MR) is 104 cm³/mol. The van der Waals surface area contributed by atoms with Gasteiger partial charge in [0.15, 0.2) is 6.29 Å². The summed E-state index contributed by atoms with van der Waals surface area (Å²) >= 11 is -1.97. The van der Waals surface area contributed by atoms with Crippen LogP contribution in [0.2, 0.25) is 0 Å². The number of ether oxygens (including phenoxy) is 3. The van der Waals surface area contributed by atoms with E-state index in [0.29, 0.717) is 19.0 Å². The van der Waals surface area contributed by atoms with Gasteiger partial charge < -0.3 is 14.2 Å². The van der Waals surface area contributed by atoms with E-state index in [2.05, 4.69) is 0 Å². The van der Waals surface area contributed by atoms with Crippen molar-refractivity contribution in [2.24, 2.45) is 5.92 Å². The molecule has 1 aliphatic rings. The van der Waals surface area contributed by atoms with E-state index in [0.717, 1.165) is 15.4 Å². The van der Waals surface area contributed by atoms with Gasteiger partial charge in [-0.15, -0.1) is 0 Å². The molecule has 0 spiro atoms. The Morgan fingerprint density at radius 3 is 2.54 bits per heavy atom. The Balaban J connectivity index is 1.42. The fraction of sp³-hybridized carbons (Fsp3) is 0.350. The zero-order valence-corrected chi connectivity index (χ0v) is 16.6. The van der Waals surface area contributed by atoms with Crippen LogP contribution in [0, 0.1) is 12.8 Å². The molecule has 1 heterocycles. The molecule has 1 fully saturated rings. The highest BCUT2D eigenvalue weighted by Gasteiger charge is 2.26. The second kappa shape index (κ2) is 9.79. The number of carbonyl (C=O) groups excluding carboxylic acids is 1. The molecule has 0 aromatic heterocycles. The van der Waals surface area contributed by atoms with Gasteiger partial charge in [-0.2, -0.15) is 0 Å². The van der Waals surface area contributed by atoms with Crippen LogP contribution >= 0.6 is 0 Å². The number of nitrogens with zero attached hydrogens (tertiary/aromatic N) is 1. The molecule has 0 radical (unpaired) electrons. The molecule has 1 amide bonds. The molecule has 0 aliphatic carbocycles. The summed E-state index contributed by atoms with van der Waals surface area (Å²) in [6.45, 7) is 2.84. The molecule has 3 rings (SSSR count). The van der Waals surface area contributed by atoms with Gasteiger partial charge in [0.05, 0.1) is 19.8 Å².